The number of nitrogens with one attached hydrogen (secondary N) is 1. The van der Waals surface area contributed by atoms with Crippen LogP contribution in [-0.2, 0) is 4.74 Å². The standard InChI is InChI=1S/C11H25NO2S/c1-4-5-7-14-8-6-12-9-11(2,13)10-15-3/h12-13H,4-10H2,1-3H3. The fourth-order valence-electron chi connectivity index (χ4n) is 1.21. The minimum Gasteiger partial charge on any atom is -0.388 e. The molecular weight excluding hydrogens is 210 g/mol. The van der Waals surface area contributed by atoms with Gasteiger partial charge >= 0.3 is 0 Å². The zero-order valence-corrected chi connectivity index (χ0v) is 11.0. The van der Waals surface area contributed by atoms with Crippen molar-refractivity contribution in [1.29, 1.82) is 0 Å². The smallest absolute Gasteiger partial charge is 0.0833 e. The number of unbranched alkanes of at least 4 members (excludes halogenated alkanes) is 1. The summed E-state index contributed by atoms with van der Waals surface area (Å²) in [5.74, 6) is 0.761. The van der Waals surface area contributed by atoms with E-state index < -0.39 is 5.60 Å². The minimum atomic E-state index is -0.608. The highest BCUT2D eigenvalue weighted by Crippen LogP contribution is 2.08. The van der Waals surface area contributed by atoms with Gasteiger partial charge in [0.25, 0.3) is 0 Å². The summed E-state index contributed by atoms with van der Waals surface area (Å²) < 4.78 is 5.40. The molecule has 0 heterocycles. The Morgan fingerprint density at radius 1 is 1.40 bits per heavy atom. The molecule has 0 aliphatic rings. The molecule has 2 N–H and O–H groups in total. The Morgan fingerprint density at radius 2 is 2.13 bits per heavy atom. The van der Waals surface area contributed by atoms with Crippen molar-refractivity contribution in [2.24, 2.45) is 0 Å². The monoisotopic (exact) mass is 235 g/mol. The summed E-state index contributed by atoms with van der Waals surface area (Å²) in [5.41, 5.74) is -0.608. The molecule has 0 aliphatic carbocycles. The van der Waals surface area contributed by atoms with Gasteiger partial charge in [-0.3, -0.25) is 0 Å². The minimum absolute atomic E-state index is 0.608. The summed E-state index contributed by atoms with van der Waals surface area (Å²) in [6, 6.07) is 0. The Labute approximate surface area is 98.0 Å². The Hall–Kier alpha value is 0.230. The van der Waals surface area contributed by atoms with Gasteiger partial charge in [-0.05, 0) is 19.6 Å². The molecule has 0 aliphatic heterocycles. The second-order valence-corrected chi connectivity index (χ2v) is 4.94. The van der Waals surface area contributed by atoms with Gasteiger partial charge in [-0.1, -0.05) is 13.3 Å². The fraction of sp³-hybridized carbons (Fsp3) is 1.00. The third-order valence-corrected chi connectivity index (χ3v) is 2.94. The molecule has 0 saturated heterocycles. The summed E-state index contributed by atoms with van der Waals surface area (Å²) in [7, 11) is 0. The predicted molar refractivity (Wildman–Crippen MR) is 67.6 cm³/mol. The first kappa shape index (κ1) is 15.2. The van der Waals surface area contributed by atoms with Crippen LogP contribution >= 0.6 is 11.8 Å². The zero-order valence-electron chi connectivity index (χ0n) is 10.2. The second kappa shape index (κ2) is 9.46. The molecule has 0 bridgehead atoms. The molecule has 0 aromatic heterocycles. The van der Waals surface area contributed by atoms with Crippen LogP contribution in [0.1, 0.15) is 26.7 Å². The van der Waals surface area contributed by atoms with Crippen LogP contribution in [0, 0.1) is 0 Å². The predicted octanol–water partition coefficient (Wildman–Crippen LogP) is 1.51. The number of hydrogen-bond donors (Lipinski definition) is 2. The molecule has 1 unspecified atom stereocenters. The normalized spacial score (nSPS) is 15.2. The van der Waals surface area contributed by atoms with Crippen molar-refractivity contribution in [2.45, 2.75) is 32.3 Å². The van der Waals surface area contributed by atoms with Crippen molar-refractivity contribution in [3.8, 4) is 0 Å². The maximum absolute atomic E-state index is 9.83. The van der Waals surface area contributed by atoms with E-state index in [0.29, 0.717) is 6.54 Å². The van der Waals surface area contributed by atoms with Crippen molar-refractivity contribution >= 4 is 11.8 Å². The summed E-state index contributed by atoms with van der Waals surface area (Å²) in [6.07, 6.45) is 4.31. The van der Waals surface area contributed by atoms with Gasteiger partial charge in [-0.25, -0.2) is 0 Å². The molecule has 0 aromatic carbocycles. The van der Waals surface area contributed by atoms with E-state index in [2.05, 4.69) is 12.2 Å². The van der Waals surface area contributed by atoms with E-state index in [9.17, 15) is 5.11 Å². The van der Waals surface area contributed by atoms with Crippen LogP contribution in [0.5, 0.6) is 0 Å². The third kappa shape index (κ3) is 10.5. The maximum Gasteiger partial charge on any atom is 0.0833 e. The molecule has 0 amide bonds. The van der Waals surface area contributed by atoms with Gasteiger partial charge in [0.15, 0.2) is 0 Å². The van der Waals surface area contributed by atoms with Gasteiger partial charge in [-0.2, -0.15) is 11.8 Å². The van der Waals surface area contributed by atoms with Crippen molar-refractivity contribution in [1.82, 2.24) is 5.32 Å². The quantitative estimate of drug-likeness (QED) is 0.563. The number of ether oxygens (including phenoxy) is 1. The lowest BCUT2D eigenvalue weighted by molar-refractivity contribution is 0.0787. The van der Waals surface area contributed by atoms with Crippen molar-refractivity contribution < 1.29 is 9.84 Å². The van der Waals surface area contributed by atoms with E-state index in [1.54, 1.807) is 11.8 Å². The highest BCUT2D eigenvalue weighted by atomic mass is 32.2. The second-order valence-electron chi connectivity index (χ2n) is 4.07. The van der Waals surface area contributed by atoms with E-state index in [0.717, 1.165) is 31.9 Å². The van der Waals surface area contributed by atoms with E-state index >= 15 is 0 Å². The molecule has 0 rings (SSSR count). The molecule has 3 nitrogen and oxygen atoms in total. The first-order chi connectivity index (χ1) is 7.12. The van der Waals surface area contributed by atoms with Crippen LogP contribution in [0.15, 0.2) is 0 Å². The number of thioether (sulfide) groups is 1. The van der Waals surface area contributed by atoms with Gasteiger partial charge in [-0.15, -0.1) is 0 Å². The molecule has 4 heteroatoms. The van der Waals surface area contributed by atoms with Crippen molar-refractivity contribution in [2.75, 3.05) is 38.3 Å². The number of hydrogen-bond acceptors (Lipinski definition) is 4. The van der Waals surface area contributed by atoms with Gasteiger partial charge in [0.1, 0.15) is 0 Å². The van der Waals surface area contributed by atoms with E-state index in [4.69, 9.17) is 4.74 Å². The van der Waals surface area contributed by atoms with Gasteiger partial charge in [0.2, 0.25) is 0 Å². The first-order valence-corrected chi connectivity index (χ1v) is 7.01. The van der Waals surface area contributed by atoms with Crippen molar-refractivity contribution in [3.05, 3.63) is 0 Å². The lowest BCUT2D eigenvalue weighted by Crippen LogP contribution is -2.41. The highest BCUT2D eigenvalue weighted by Gasteiger charge is 2.18. The van der Waals surface area contributed by atoms with Crippen LogP contribution in [0.25, 0.3) is 0 Å². The highest BCUT2D eigenvalue weighted by molar-refractivity contribution is 7.98. The molecule has 0 aromatic rings. The van der Waals surface area contributed by atoms with Crippen LogP contribution in [0.3, 0.4) is 0 Å². The van der Waals surface area contributed by atoms with E-state index in [1.807, 2.05) is 13.2 Å². The van der Waals surface area contributed by atoms with Crippen molar-refractivity contribution in [3.63, 3.8) is 0 Å². The van der Waals surface area contributed by atoms with E-state index in [-0.39, 0.29) is 0 Å². The summed E-state index contributed by atoms with van der Waals surface area (Å²) in [4.78, 5) is 0. The maximum atomic E-state index is 9.83. The molecule has 0 spiro atoms. The van der Waals surface area contributed by atoms with Crippen LogP contribution < -0.4 is 5.32 Å². The molecule has 0 radical (unpaired) electrons. The van der Waals surface area contributed by atoms with Gasteiger partial charge in [0, 0.05) is 25.4 Å². The Kier molecular flexibility index (Phi) is 9.60. The summed E-state index contributed by atoms with van der Waals surface area (Å²) in [6.45, 7) is 7.03. The van der Waals surface area contributed by atoms with E-state index in [1.165, 1.54) is 6.42 Å². The number of rotatable bonds is 10. The van der Waals surface area contributed by atoms with Crippen LogP contribution in [0.4, 0.5) is 0 Å². The van der Waals surface area contributed by atoms with Crippen LogP contribution in [-0.4, -0.2) is 49.0 Å². The molecule has 15 heavy (non-hydrogen) atoms. The summed E-state index contributed by atoms with van der Waals surface area (Å²) >= 11 is 1.66. The zero-order chi connectivity index (χ0) is 11.6. The molecule has 1 atom stereocenters. The lowest BCUT2D eigenvalue weighted by Gasteiger charge is -2.22. The fourth-order valence-corrected chi connectivity index (χ4v) is 1.94. The largest absolute Gasteiger partial charge is 0.388 e. The summed E-state index contributed by atoms with van der Waals surface area (Å²) in [5, 5.41) is 13.0. The SMILES string of the molecule is CCCCOCCNCC(C)(O)CSC. The Bertz CT molecular complexity index is 143. The van der Waals surface area contributed by atoms with Gasteiger partial charge < -0.3 is 15.2 Å². The average Bonchev–Trinajstić information content (AvgIpc) is 2.16. The molecule has 0 fully saturated rings. The molecule has 92 valence electrons. The Morgan fingerprint density at radius 3 is 2.73 bits per heavy atom. The first-order valence-electron chi connectivity index (χ1n) is 5.62. The van der Waals surface area contributed by atoms with Gasteiger partial charge in [0.05, 0.1) is 12.2 Å². The lowest BCUT2D eigenvalue weighted by atomic mass is 10.1. The molecule has 0 saturated carbocycles. The molecular formula is C11H25NO2S. The average molecular weight is 235 g/mol. The topological polar surface area (TPSA) is 41.5 Å². The Balaban J connectivity index is 3.22. The third-order valence-electron chi connectivity index (χ3n) is 2.03. The number of aliphatic hydroxyl groups is 1. The van der Waals surface area contributed by atoms with Crippen LogP contribution in [0.2, 0.25) is 0 Å².